The van der Waals surface area contributed by atoms with Crippen molar-refractivity contribution in [3.63, 3.8) is 0 Å². The Morgan fingerprint density at radius 3 is 2.74 bits per heavy atom. The van der Waals surface area contributed by atoms with Gasteiger partial charge < -0.3 is 21.5 Å². The molecule has 1 aromatic carbocycles. The summed E-state index contributed by atoms with van der Waals surface area (Å²) in [7, 11) is 0. The molecule has 194 valence electrons. The molecule has 9 nitrogen and oxygen atoms in total. The van der Waals surface area contributed by atoms with Crippen molar-refractivity contribution < 1.29 is 14.7 Å². The van der Waals surface area contributed by atoms with Crippen LogP contribution < -0.4 is 16.4 Å². The van der Waals surface area contributed by atoms with Gasteiger partial charge in [0.1, 0.15) is 11.4 Å². The lowest BCUT2D eigenvalue weighted by Gasteiger charge is -2.28. The van der Waals surface area contributed by atoms with Crippen molar-refractivity contribution in [2.45, 2.75) is 37.8 Å². The number of amides is 2. The average molecular weight is 547 g/mol. The van der Waals surface area contributed by atoms with E-state index in [1.807, 2.05) is 35.0 Å². The number of nitrogens with one attached hydrogen (secondary N) is 2. The Bertz CT molecular complexity index is 1650. The van der Waals surface area contributed by atoms with Gasteiger partial charge in [-0.3, -0.25) is 14.0 Å². The number of aliphatic hydroxyl groups excluding tert-OH is 1. The van der Waals surface area contributed by atoms with Crippen LogP contribution in [0.5, 0.6) is 0 Å². The van der Waals surface area contributed by atoms with Crippen LogP contribution in [0, 0.1) is 0 Å². The molecule has 0 saturated heterocycles. The molecule has 11 heteroatoms. The summed E-state index contributed by atoms with van der Waals surface area (Å²) in [5.41, 5.74) is 9.35. The van der Waals surface area contributed by atoms with Crippen LogP contribution in [0.1, 0.15) is 52.1 Å². The Morgan fingerprint density at radius 2 is 1.97 bits per heavy atom. The molecule has 4 heterocycles. The van der Waals surface area contributed by atoms with Gasteiger partial charge in [0.2, 0.25) is 0 Å². The second-order valence-electron chi connectivity index (χ2n) is 9.57. The summed E-state index contributed by atoms with van der Waals surface area (Å²) < 4.78 is 2.63. The van der Waals surface area contributed by atoms with Gasteiger partial charge in [-0.05, 0) is 54.1 Å². The summed E-state index contributed by atoms with van der Waals surface area (Å²) >= 11 is 2.91. The SMILES string of the molecule is Nc1nc2ccc(CNC(=O)c3cccn4c(C(=O)NC5(CO)CCCC5)c(-c5ccsc5)nc34)cc2s1. The number of pyridine rings is 1. The molecule has 6 rings (SSSR count). The van der Waals surface area contributed by atoms with Crippen LogP contribution in [0.2, 0.25) is 0 Å². The zero-order valence-corrected chi connectivity index (χ0v) is 22.1. The van der Waals surface area contributed by atoms with E-state index in [9.17, 15) is 14.7 Å². The van der Waals surface area contributed by atoms with Crippen molar-refractivity contribution in [1.82, 2.24) is 25.0 Å². The molecule has 0 radical (unpaired) electrons. The Balaban J connectivity index is 1.33. The minimum atomic E-state index is -0.633. The van der Waals surface area contributed by atoms with Gasteiger partial charge in [-0.1, -0.05) is 30.2 Å². The van der Waals surface area contributed by atoms with E-state index in [1.165, 1.54) is 22.7 Å². The highest BCUT2D eigenvalue weighted by atomic mass is 32.1. The van der Waals surface area contributed by atoms with Gasteiger partial charge in [0, 0.05) is 23.7 Å². The molecule has 5 aromatic rings. The fraction of sp³-hybridized carbons (Fsp3) is 0.259. The van der Waals surface area contributed by atoms with Crippen molar-refractivity contribution in [3.8, 4) is 11.3 Å². The molecule has 0 spiro atoms. The second kappa shape index (κ2) is 9.82. The van der Waals surface area contributed by atoms with E-state index in [0.29, 0.717) is 34.3 Å². The molecule has 1 aliphatic carbocycles. The predicted molar refractivity (Wildman–Crippen MR) is 149 cm³/mol. The Hall–Kier alpha value is -3.80. The number of rotatable bonds is 7. The molecule has 5 N–H and O–H groups in total. The molecule has 0 aliphatic heterocycles. The van der Waals surface area contributed by atoms with E-state index in [1.54, 1.807) is 22.7 Å². The highest BCUT2D eigenvalue weighted by Gasteiger charge is 2.36. The van der Waals surface area contributed by atoms with Crippen molar-refractivity contribution >= 4 is 55.5 Å². The summed E-state index contributed by atoms with van der Waals surface area (Å²) in [5.74, 6) is -0.611. The number of benzene rings is 1. The average Bonchev–Trinajstić information content (AvgIpc) is 3.71. The maximum Gasteiger partial charge on any atom is 0.271 e. The van der Waals surface area contributed by atoms with Gasteiger partial charge in [0.25, 0.3) is 11.8 Å². The highest BCUT2D eigenvalue weighted by molar-refractivity contribution is 7.22. The van der Waals surface area contributed by atoms with E-state index < -0.39 is 5.54 Å². The van der Waals surface area contributed by atoms with Crippen LogP contribution in [-0.4, -0.2) is 43.4 Å². The molecule has 38 heavy (non-hydrogen) atoms. The fourth-order valence-corrected chi connectivity index (χ4v) is 6.55. The third-order valence-electron chi connectivity index (χ3n) is 7.07. The first kappa shape index (κ1) is 24.5. The number of aliphatic hydroxyl groups is 1. The van der Waals surface area contributed by atoms with E-state index in [0.717, 1.165) is 47.0 Å². The number of imidazole rings is 1. The molecule has 0 unspecified atom stereocenters. The van der Waals surface area contributed by atoms with Crippen LogP contribution >= 0.6 is 22.7 Å². The maximum absolute atomic E-state index is 13.7. The van der Waals surface area contributed by atoms with Crippen molar-refractivity contribution in [1.29, 1.82) is 0 Å². The van der Waals surface area contributed by atoms with Crippen LogP contribution in [0.15, 0.2) is 53.4 Å². The molecular formula is C27H26N6O3S2. The first-order valence-corrected chi connectivity index (χ1v) is 14.1. The topological polar surface area (TPSA) is 135 Å². The number of anilines is 1. The Labute approximate surface area is 226 Å². The molecule has 1 saturated carbocycles. The number of nitrogens with zero attached hydrogens (tertiary/aromatic N) is 3. The number of aromatic nitrogens is 3. The molecule has 1 aliphatic rings. The predicted octanol–water partition coefficient (Wildman–Crippen LogP) is 4.22. The smallest absolute Gasteiger partial charge is 0.271 e. The Morgan fingerprint density at radius 1 is 1.13 bits per heavy atom. The number of nitrogens with two attached hydrogens (primary N) is 1. The van der Waals surface area contributed by atoms with Crippen molar-refractivity contribution in [2.75, 3.05) is 12.3 Å². The number of carbonyl (C=O) groups excluding carboxylic acids is 2. The van der Waals surface area contributed by atoms with Gasteiger partial charge in [0.15, 0.2) is 10.8 Å². The van der Waals surface area contributed by atoms with Gasteiger partial charge >= 0.3 is 0 Å². The number of thiazole rings is 1. The van der Waals surface area contributed by atoms with Gasteiger partial charge in [-0.15, -0.1) is 0 Å². The molecule has 0 bridgehead atoms. The number of hydrogen-bond donors (Lipinski definition) is 4. The van der Waals surface area contributed by atoms with Crippen LogP contribution in [0.25, 0.3) is 27.1 Å². The molecule has 1 fully saturated rings. The fourth-order valence-electron chi connectivity index (χ4n) is 5.11. The summed E-state index contributed by atoms with van der Waals surface area (Å²) in [4.78, 5) is 36.0. The van der Waals surface area contributed by atoms with Gasteiger partial charge in [0.05, 0.1) is 27.9 Å². The first-order valence-electron chi connectivity index (χ1n) is 12.4. The van der Waals surface area contributed by atoms with E-state index in [2.05, 4.69) is 15.6 Å². The van der Waals surface area contributed by atoms with Gasteiger partial charge in [-0.25, -0.2) is 9.97 Å². The third kappa shape index (κ3) is 4.42. The molecule has 4 aromatic heterocycles. The third-order valence-corrected chi connectivity index (χ3v) is 8.60. The summed E-state index contributed by atoms with van der Waals surface area (Å²) in [6.45, 7) is 0.203. The summed E-state index contributed by atoms with van der Waals surface area (Å²) in [6.07, 6.45) is 5.12. The van der Waals surface area contributed by atoms with E-state index >= 15 is 0 Å². The zero-order valence-electron chi connectivity index (χ0n) is 20.4. The van der Waals surface area contributed by atoms with E-state index in [4.69, 9.17) is 10.7 Å². The number of fused-ring (bicyclic) bond motifs is 2. The summed E-state index contributed by atoms with van der Waals surface area (Å²) in [6, 6.07) is 11.1. The maximum atomic E-state index is 13.7. The minimum Gasteiger partial charge on any atom is -0.394 e. The van der Waals surface area contributed by atoms with Gasteiger partial charge in [-0.2, -0.15) is 11.3 Å². The summed E-state index contributed by atoms with van der Waals surface area (Å²) in [5, 5.41) is 20.5. The normalized spacial score (nSPS) is 14.8. The standard InChI is InChI=1S/C27H26N6O3S2/c28-26-30-19-6-5-16(12-20(19)38-26)13-29-24(35)18-4-3-10-33-22(21(31-23(18)33)17-7-11-37-14-17)25(36)32-27(15-34)8-1-2-9-27/h3-7,10-12,14,34H,1-2,8-9,13,15H2,(H2,28,30)(H,29,35)(H,32,36). The second-order valence-corrected chi connectivity index (χ2v) is 11.4. The lowest BCUT2D eigenvalue weighted by Crippen LogP contribution is -2.49. The number of thiophene rings is 1. The van der Waals surface area contributed by atoms with Crippen LogP contribution in [-0.2, 0) is 6.54 Å². The minimum absolute atomic E-state index is 0.114. The lowest BCUT2D eigenvalue weighted by atomic mass is 9.98. The zero-order chi connectivity index (χ0) is 26.3. The lowest BCUT2D eigenvalue weighted by molar-refractivity contribution is 0.0832. The number of carbonyl (C=O) groups is 2. The Kier molecular flexibility index (Phi) is 6.34. The number of nitrogen functional groups attached to an aromatic ring is 1. The quantitative estimate of drug-likeness (QED) is 0.241. The highest BCUT2D eigenvalue weighted by Crippen LogP contribution is 2.32. The number of hydrogen-bond acceptors (Lipinski definition) is 8. The van der Waals surface area contributed by atoms with Crippen LogP contribution in [0.4, 0.5) is 5.13 Å². The van der Waals surface area contributed by atoms with Crippen LogP contribution in [0.3, 0.4) is 0 Å². The van der Waals surface area contributed by atoms with Crippen molar-refractivity contribution in [2.24, 2.45) is 0 Å². The molecule has 0 atom stereocenters. The monoisotopic (exact) mass is 546 g/mol. The molecule has 2 amide bonds. The van der Waals surface area contributed by atoms with Crippen molar-refractivity contribution in [3.05, 3.63) is 70.2 Å². The van der Waals surface area contributed by atoms with E-state index in [-0.39, 0.29) is 18.4 Å². The molecular weight excluding hydrogens is 520 g/mol. The first-order chi connectivity index (χ1) is 18.5. The largest absolute Gasteiger partial charge is 0.394 e.